The summed E-state index contributed by atoms with van der Waals surface area (Å²) in [4.78, 5) is 0. The van der Waals surface area contributed by atoms with E-state index in [1.54, 1.807) is 0 Å². The van der Waals surface area contributed by atoms with Gasteiger partial charge in [0.2, 0.25) is 0 Å². The summed E-state index contributed by atoms with van der Waals surface area (Å²) in [7, 11) is 0. The molecule has 58 valence electrons. The Balaban J connectivity index is 3.39. The van der Waals surface area contributed by atoms with Crippen LogP contribution >= 0.6 is 0 Å². The van der Waals surface area contributed by atoms with E-state index >= 15 is 0 Å². The number of hydrogen-bond acceptors (Lipinski definition) is 2. The quantitative estimate of drug-likeness (QED) is 0.438. The molecule has 0 aliphatic heterocycles. The van der Waals surface area contributed by atoms with Crippen molar-refractivity contribution in [2.75, 3.05) is 13.2 Å². The van der Waals surface area contributed by atoms with Gasteiger partial charge in [0, 0.05) is 18.5 Å². The molecule has 2 nitrogen and oxygen atoms in total. The van der Waals surface area contributed by atoms with Crippen molar-refractivity contribution >= 4 is 0 Å². The molecule has 0 aromatic rings. The minimum absolute atomic E-state index is 0.136. The molecule has 0 fully saturated rings. The fourth-order valence-electron chi connectivity index (χ4n) is 0.529. The van der Waals surface area contributed by atoms with Gasteiger partial charge in [-0.15, -0.1) is 12.3 Å². The lowest BCUT2D eigenvalue weighted by Crippen LogP contribution is -2.42. The minimum atomic E-state index is -0.198. The molecule has 0 aromatic heterocycles. The maximum atomic E-state index is 8.78. The Hall–Kier alpha value is -0.520. The predicted octanol–water partition coefficient (Wildman–Crippen LogP) is 0.370. The average molecular weight is 141 g/mol. The van der Waals surface area contributed by atoms with Gasteiger partial charge in [0.1, 0.15) is 0 Å². The van der Waals surface area contributed by atoms with E-state index in [1.165, 1.54) is 0 Å². The molecule has 0 spiro atoms. The van der Waals surface area contributed by atoms with Crippen LogP contribution in [0.25, 0.3) is 0 Å². The van der Waals surface area contributed by atoms with Crippen molar-refractivity contribution in [2.45, 2.75) is 25.8 Å². The molecular formula is C8H15NO. The van der Waals surface area contributed by atoms with E-state index in [-0.39, 0.29) is 12.1 Å². The minimum Gasteiger partial charge on any atom is -0.394 e. The topological polar surface area (TPSA) is 32.3 Å². The second kappa shape index (κ2) is 4.32. The number of nitrogens with one attached hydrogen (secondary N) is 1. The first kappa shape index (κ1) is 9.48. The average Bonchev–Trinajstić information content (AvgIpc) is 1.89. The van der Waals surface area contributed by atoms with Crippen molar-refractivity contribution < 1.29 is 5.11 Å². The van der Waals surface area contributed by atoms with Crippen LogP contribution in [0.5, 0.6) is 0 Å². The summed E-state index contributed by atoms with van der Waals surface area (Å²) in [6.45, 7) is 4.77. The molecule has 0 aliphatic carbocycles. The Morgan fingerprint density at radius 3 is 2.60 bits per heavy atom. The summed E-state index contributed by atoms with van der Waals surface area (Å²) in [5.74, 6) is 2.52. The first-order valence-corrected chi connectivity index (χ1v) is 3.42. The molecule has 0 heterocycles. The third kappa shape index (κ3) is 4.37. The molecule has 0 atom stereocenters. The van der Waals surface area contributed by atoms with Crippen LogP contribution in [0.3, 0.4) is 0 Å². The number of aliphatic hydroxyl groups is 1. The van der Waals surface area contributed by atoms with Crippen LogP contribution in [0.15, 0.2) is 0 Å². The number of terminal acetylenes is 1. The van der Waals surface area contributed by atoms with Gasteiger partial charge < -0.3 is 10.4 Å². The zero-order valence-electron chi connectivity index (χ0n) is 6.65. The second-order valence-electron chi connectivity index (χ2n) is 2.92. The molecule has 0 radical (unpaired) electrons. The predicted molar refractivity (Wildman–Crippen MR) is 42.6 cm³/mol. The monoisotopic (exact) mass is 141 g/mol. The van der Waals surface area contributed by atoms with Crippen LogP contribution in [-0.2, 0) is 0 Å². The van der Waals surface area contributed by atoms with E-state index in [9.17, 15) is 0 Å². The summed E-state index contributed by atoms with van der Waals surface area (Å²) in [6, 6.07) is 0. The summed E-state index contributed by atoms with van der Waals surface area (Å²) in [6.07, 6.45) is 5.76. The lowest BCUT2D eigenvalue weighted by atomic mass is 10.1. The lowest BCUT2D eigenvalue weighted by molar-refractivity contribution is 0.190. The molecule has 0 unspecified atom stereocenters. The molecule has 2 N–H and O–H groups in total. The van der Waals surface area contributed by atoms with E-state index in [2.05, 4.69) is 11.2 Å². The van der Waals surface area contributed by atoms with Crippen LogP contribution < -0.4 is 5.32 Å². The van der Waals surface area contributed by atoms with E-state index < -0.39 is 0 Å². The van der Waals surface area contributed by atoms with Gasteiger partial charge in [-0.25, -0.2) is 0 Å². The fraction of sp³-hybridized carbons (Fsp3) is 0.750. The molecular weight excluding hydrogens is 126 g/mol. The van der Waals surface area contributed by atoms with E-state index in [0.29, 0.717) is 6.42 Å². The molecule has 0 bridgehead atoms. The van der Waals surface area contributed by atoms with E-state index in [4.69, 9.17) is 11.5 Å². The Morgan fingerprint density at radius 2 is 2.20 bits per heavy atom. The van der Waals surface area contributed by atoms with E-state index in [1.807, 2.05) is 13.8 Å². The first-order chi connectivity index (χ1) is 4.62. The smallest absolute Gasteiger partial charge is 0.0607 e. The molecule has 0 aliphatic rings. The van der Waals surface area contributed by atoms with Crippen molar-refractivity contribution in [2.24, 2.45) is 0 Å². The highest BCUT2D eigenvalue weighted by Gasteiger charge is 2.13. The molecule has 2 heteroatoms. The maximum Gasteiger partial charge on any atom is 0.0607 e. The van der Waals surface area contributed by atoms with Gasteiger partial charge in [-0.05, 0) is 13.8 Å². The van der Waals surface area contributed by atoms with Crippen LogP contribution in [0, 0.1) is 12.3 Å². The van der Waals surface area contributed by atoms with Crippen molar-refractivity contribution in [3.05, 3.63) is 0 Å². The van der Waals surface area contributed by atoms with Crippen LogP contribution in [0.4, 0.5) is 0 Å². The van der Waals surface area contributed by atoms with Gasteiger partial charge in [-0.1, -0.05) is 0 Å². The van der Waals surface area contributed by atoms with Crippen molar-refractivity contribution in [3.63, 3.8) is 0 Å². The Morgan fingerprint density at radius 1 is 1.60 bits per heavy atom. The van der Waals surface area contributed by atoms with Gasteiger partial charge in [-0.2, -0.15) is 0 Å². The zero-order chi connectivity index (χ0) is 8.04. The molecule has 0 amide bonds. The Kier molecular flexibility index (Phi) is 4.10. The molecule has 0 aromatic carbocycles. The van der Waals surface area contributed by atoms with Crippen molar-refractivity contribution in [1.82, 2.24) is 5.32 Å². The third-order valence-corrected chi connectivity index (χ3v) is 1.27. The van der Waals surface area contributed by atoms with Crippen LogP contribution in [-0.4, -0.2) is 23.8 Å². The number of aliphatic hydroxyl groups excluding tert-OH is 1. The lowest BCUT2D eigenvalue weighted by Gasteiger charge is -2.22. The molecule has 0 saturated heterocycles. The number of hydrogen-bond donors (Lipinski definition) is 2. The molecule has 10 heavy (non-hydrogen) atoms. The summed E-state index contributed by atoms with van der Waals surface area (Å²) < 4.78 is 0. The van der Waals surface area contributed by atoms with Gasteiger partial charge in [-0.3, -0.25) is 0 Å². The van der Waals surface area contributed by atoms with Gasteiger partial charge in [0.05, 0.1) is 6.61 Å². The van der Waals surface area contributed by atoms with Crippen LogP contribution in [0.1, 0.15) is 20.3 Å². The Labute approximate surface area is 62.6 Å². The van der Waals surface area contributed by atoms with Gasteiger partial charge in [0.25, 0.3) is 0 Å². The van der Waals surface area contributed by atoms with Gasteiger partial charge >= 0.3 is 0 Å². The third-order valence-electron chi connectivity index (χ3n) is 1.27. The maximum absolute atomic E-state index is 8.78. The Bertz CT molecular complexity index is 124. The first-order valence-electron chi connectivity index (χ1n) is 3.42. The molecule has 0 rings (SSSR count). The van der Waals surface area contributed by atoms with Crippen molar-refractivity contribution in [1.29, 1.82) is 0 Å². The summed E-state index contributed by atoms with van der Waals surface area (Å²) in [5, 5.41) is 11.9. The second-order valence-corrected chi connectivity index (χ2v) is 2.92. The highest BCUT2D eigenvalue weighted by molar-refractivity contribution is 4.86. The normalized spacial score (nSPS) is 11.0. The van der Waals surface area contributed by atoms with E-state index in [0.717, 1.165) is 6.54 Å². The van der Waals surface area contributed by atoms with Crippen molar-refractivity contribution in [3.8, 4) is 12.3 Å². The highest BCUT2D eigenvalue weighted by atomic mass is 16.3. The molecule has 0 saturated carbocycles. The SMILES string of the molecule is C#CCCNC(C)(C)CO. The zero-order valence-corrected chi connectivity index (χ0v) is 6.65. The standard InChI is InChI=1S/C8H15NO/c1-4-5-6-9-8(2,3)7-10/h1,9-10H,5-7H2,2-3H3. The summed E-state index contributed by atoms with van der Waals surface area (Å²) in [5.41, 5.74) is -0.198. The van der Waals surface area contributed by atoms with Crippen LogP contribution in [0.2, 0.25) is 0 Å². The fourth-order valence-corrected chi connectivity index (χ4v) is 0.529. The van der Waals surface area contributed by atoms with Gasteiger partial charge in [0.15, 0.2) is 0 Å². The largest absolute Gasteiger partial charge is 0.394 e. The summed E-state index contributed by atoms with van der Waals surface area (Å²) >= 11 is 0. The number of rotatable bonds is 4. The highest BCUT2D eigenvalue weighted by Crippen LogP contribution is 1.98.